The molecule has 0 aliphatic rings. The van der Waals surface area contributed by atoms with Crippen molar-refractivity contribution < 1.29 is 14.3 Å². The van der Waals surface area contributed by atoms with Gasteiger partial charge in [0.15, 0.2) is 6.61 Å². The van der Waals surface area contributed by atoms with Gasteiger partial charge in [0, 0.05) is 35.2 Å². The Morgan fingerprint density at radius 1 is 1.26 bits per heavy atom. The lowest BCUT2D eigenvalue weighted by Gasteiger charge is -2.09. The van der Waals surface area contributed by atoms with E-state index in [-0.39, 0.29) is 18.4 Å². The van der Waals surface area contributed by atoms with E-state index in [9.17, 15) is 9.59 Å². The summed E-state index contributed by atoms with van der Waals surface area (Å²) in [7, 11) is 0. The largest absolute Gasteiger partial charge is 0.484 e. The number of hydrogen-bond donors (Lipinski definition) is 2. The van der Waals surface area contributed by atoms with E-state index in [0.29, 0.717) is 23.5 Å². The fraction of sp³-hybridized carbons (Fsp3) is 0.188. The number of amides is 2. The molecule has 0 saturated carbocycles. The van der Waals surface area contributed by atoms with E-state index < -0.39 is 0 Å². The molecular weight excluding hydrogens is 362 g/mol. The summed E-state index contributed by atoms with van der Waals surface area (Å²) < 4.78 is 6.11. The molecule has 2 amide bonds. The molecule has 23 heavy (non-hydrogen) atoms. The summed E-state index contributed by atoms with van der Waals surface area (Å²) in [6.45, 7) is 2.32. The minimum atomic E-state index is -0.278. The number of pyridine rings is 1. The molecule has 1 aromatic carbocycles. The van der Waals surface area contributed by atoms with Crippen LogP contribution in [0.15, 0.2) is 47.2 Å². The van der Waals surface area contributed by atoms with Crippen molar-refractivity contribution in [3.63, 3.8) is 0 Å². The van der Waals surface area contributed by atoms with Crippen LogP contribution >= 0.6 is 15.9 Å². The Balaban J connectivity index is 1.99. The third-order valence-corrected chi connectivity index (χ3v) is 3.24. The first-order valence-corrected chi connectivity index (χ1v) is 7.79. The smallest absolute Gasteiger partial charge is 0.257 e. The molecule has 0 unspecified atom stereocenters. The van der Waals surface area contributed by atoms with E-state index in [1.54, 1.807) is 36.5 Å². The lowest BCUT2D eigenvalue weighted by molar-refractivity contribution is -0.122. The standard InChI is InChI=1S/C16H16BrN3O3/c1-2-19-15(21)10-23-14-5-3-4-13(7-14)20-16(22)11-6-12(17)9-18-8-11/h3-9H,2,10H2,1H3,(H,19,21)(H,20,22). The molecular formula is C16H16BrN3O3. The molecule has 0 saturated heterocycles. The van der Waals surface area contributed by atoms with Crippen LogP contribution in [0.2, 0.25) is 0 Å². The summed E-state index contributed by atoms with van der Waals surface area (Å²) in [5.41, 5.74) is 1.01. The second-order valence-corrected chi connectivity index (χ2v) is 5.53. The topological polar surface area (TPSA) is 80.3 Å². The molecule has 0 aliphatic carbocycles. The highest BCUT2D eigenvalue weighted by Gasteiger charge is 2.08. The number of anilines is 1. The predicted octanol–water partition coefficient (Wildman–Crippen LogP) is 2.61. The van der Waals surface area contributed by atoms with Gasteiger partial charge in [-0.2, -0.15) is 0 Å². The molecule has 2 rings (SSSR count). The van der Waals surface area contributed by atoms with Gasteiger partial charge < -0.3 is 15.4 Å². The molecule has 0 bridgehead atoms. The van der Waals surface area contributed by atoms with Gasteiger partial charge in [-0.15, -0.1) is 0 Å². The quantitative estimate of drug-likeness (QED) is 0.810. The molecule has 0 radical (unpaired) electrons. The molecule has 0 fully saturated rings. The average Bonchev–Trinajstić information content (AvgIpc) is 2.53. The fourth-order valence-corrected chi connectivity index (χ4v) is 2.16. The van der Waals surface area contributed by atoms with Gasteiger partial charge in [0.2, 0.25) is 0 Å². The average molecular weight is 378 g/mol. The monoisotopic (exact) mass is 377 g/mol. The third kappa shape index (κ3) is 5.37. The zero-order chi connectivity index (χ0) is 16.7. The predicted molar refractivity (Wildman–Crippen MR) is 90.5 cm³/mol. The Morgan fingerprint density at radius 2 is 2.09 bits per heavy atom. The van der Waals surface area contributed by atoms with Gasteiger partial charge in [-0.25, -0.2) is 0 Å². The molecule has 0 aliphatic heterocycles. The Bertz CT molecular complexity index is 706. The number of nitrogens with zero attached hydrogens (tertiary/aromatic N) is 1. The van der Waals surface area contributed by atoms with Gasteiger partial charge in [-0.3, -0.25) is 14.6 Å². The zero-order valence-electron chi connectivity index (χ0n) is 12.5. The van der Waals surface area contributed by atoms with Crippen molar-refractivity contribution in [1.29, 1.82) is 0 Å². The van der Waals surface area contributed by atoms with Crippen LogP contribution in [0, 0.1) is 0 Å². The van der Waals surface area contributed by atoms with E-state index in [4.69, 9.17) is 4.74 Å². The van der Waals surface area contributed by atoms with Crippen LogP contribution in [-0.2, 0) is 4.79 Å². The number of nitrogens with one attached hydrogen (secondary N) is 2. The third-order valence-electron chi connectivity index (χ3n) is 2.80. The van der Waals surface area contributed by atoms with Gasteiger partial charge in [-0.1, -0.05) is 6.07 Å². The number of aromatic nitrogens is 1. The second-order valence-electron chi connectivity index (χ2n) is 4.62. The zero-order valence-corrected chi connectivity index (χ0v) is 14.1. The minimum Gasteiger partial charge on any atom is -0.484 e. The Labute approximate surface area is 142 Å². The van der Waals surface area contributed by atoms with Gasteiger partial charge >= 0.3 is 0 Å². The van der Waals surface area contributed by atoms with Crippen LogP contribution in [0.4, 0.5) is 5.69 Å². The number of hydrogen-bond acceptors (Lipinski definition) is 4. The number of ether oxygens (including phenoxy) is 1. The van der Waals surface area contributed by atoms with Crippen molar-refractivity contribution in [3.8, 4) is 5.75 Å². The maximum atomic E-state index is 12.2. The maximum absolute atomic E-state index is 12.2. The lowest BCUT2D eigenvalue weighted by Crippen LogP contribution is -2.28. The van der Waals surface area contributed by atoms with E-state index in [1.165, 1.54) is 6.20 Å². The van der Waals surface area contributed by atoms with Crippen molar-refractivity contribution in [2.75, 3.05) is 18.5 Å². The molecule has 1 heterocycles. The summed E-state index contributed by atoms with van der Waals surface area (Å²) >= 11 is 3.27. The highest BCUT2D eigenvalue weighted by atomic mass is 79.9. The summed E-state index contributed by atoms with van der Waals surface area (Å²) in [6, 6.07) is 8.53. The second kappa shape index (κ2) is 8.28. The molecule has 7 heteroatoms. The Kier molecular flexibility index (Phi) is 6.10. The van der Waals surface area contributed by atoms with Crippen molar-refractivity contribution in [2.24, 2.45) is 0 Å². The molecule has 0 spiro atoms. The fourth-order valence-electron chi connectivity index (χ4n) is 1.80. The molecule has 1 aromatic heterocycles. The summed E-state index contributed by atoms with van der Waals surface area (Å²) in [5.74, 6) is 0.0308. The van der Waals surface area contributed by atoms with E-state index in [0.717, 1.165) is 4.47 Å². The highest BCUT2D eigenvalue weighted by Crippen LogP contribution is 2.18. The first kappa shape index (κ1) is 17.0. The number of halogens is 1. The van der Waals surface area contributed by atoms with Gasteiger partial charge in [0.25, 0.3) is 11.8 Å². The van der Waals surface area contributed by atoms with Crippen molar-refractivity contribution in [2.45, 2.75) is 6.92 Å². The van der Waals surface area contributed by atoms with Crippen LogP contribution < -0.4 is 15.4 Å². The minimum absolute atomic E-state index is 0.0687. The van der Waals surface area contributed by atoms with Gasteiger partial charge in [-0.05, 0) is 41.1 Å². The molecule has 2 aromatic rings. The number of likely N-dealkylation sites (N-methyl/N-ethyl adjacent to an activating group) is 1. The van der Waals surface area contributed by atoms with Crippen LogP contribution in [0.5, 0.6) is 5.75 Å². The number of carbonyl (C=O) groups excluding carboxylic acids is 2. The van der Waals surface area contributed by atoms with Crippen molar-refractivity contribution in [3.05, 3.63) is 52.8 Å². The van der Waals surface area contributed by atoms with E-state index in [2.05, 4.69) is 31.5 Å². The maximum Gasteiger partial charge on any atom is 0.257 e. The number of rotatable bonds is 6. The molecule has 2 N–H and O–H groups in total. The van der Waals surface area contributed by atoms with Gasteiger partial charge in [0.05, 0.1) is 5.56 Å². The Hall–Kier alpha value is -2.41. The van der Waals surface area contributed by atoms with Crippen LogP contribution in [0.25, 0.3) is 0 Å². The van der Waals surface area contributed by atoms with Crippen molar-refractivity contribution >= 4 is 33.4 Å². The molecule has 0 atom stereocenters. The highest BCUT2D eigenvalue weighted by molar-refractivity contribution is 9.10. The van der Waals surface area contributed by atoms with Gasteiger partial charge in [0.1, 0.15) is 5.75 Å². The van der Waals surface area contributed by atoms with Crippen LogP contribution in [-0.4, -0.2) is 29.9 Å². The first-order valence-electron chi connectivity index (χ1n) is 7.00. The van der Waals surface area contributed by atoms with Crippen LogP contribution in [0.3, 0.4) is 0 Å². The normalized spacial score (nSPS) is 10.0. The summed E-state index contributed by atoms with van der Waals surface area (Å²) in [5, 5.41) is 5.40. The lowest BCUT2D eigenvalue weighted by atomic mass is 10.2. The first-order chi connectivity index (χ1) is 11.1. The number of carbonyl (C=O) groups is 2. The van der Waals surface area contributed by atoms with Crippen molar-refractivity contribution in [1.82, 2.24) is 10.3 Å². The summed E-state index contributed by atoms with van der Waals surface area (Å²) in [6.07, 6.45) is 3.09. The van der Waals surface area contributed by atoms with E-state index in [1.807, 2.05) is 6.92 Å². The molecule has 120 valence electrons. The number of benzene rings is 1. The van der Waals surface area contributed by atoms with Crippen LogP contribution in [0.1, 0.15) is 17.3 Å². The van der Waals surface area contributed by atoms with E-state index >= 15 is 0 Å². The molecule has 6 nitrogen and oxygen atoms in total. The SMILES string of the molecule is CCNC(=O)COc1cccc(NC(=O)c2cncc(Br)c2)c1. The summed E-state index contributed by atoms with van der Waals surface area (Å²) in [4.78, 5) is 27.5. The Morgan fingerprint density at radius 3 is 2.83 bits per heavy atom.